The van der Waals surface area contributed by atoms with Gasteiger partial charge in [-0.2, -0.15) is 5.10 Å². The summed E-state index contributed by atoms with van der Waals surface area (Å²) in [5.74, 6) is 0.0254. The van der Waals surface area contributed by atoms with E-state index in [0.717, 1.165) is 35.3 Å². The van der Waals surface area contributed by atoms with Crippen LogP contribution < -0.4 is 5.32 Å². The van der Waals surface area contributed by atoms with E-state index in [1.54, 1.807) is 6.20 Å². The zero-order valence-corrected chi connectivity index (χ0v) is 8.66. The van der Waals surface area contributed by atoms with Crippen molar-refractivity contribution in [3.05, 3.63) is 41.6 Å². The summed E-state index contributed by atoms with van der Waals surface area (Å²) in [7, 11) is 0. The second kappa shape index (κ2) is 3.48. The Morgan fingerprint density at radius 2 is 2.19 bits per heavy atom. The Bertz CT molecular complexity index is 531. The van der Waals surface area contributed by atoms with Gasteiger partial charge in [-0.3, -0.25) is 9.89 Å². The molecule has 1 aromatic heterocycles. The van der Waals surface area contributed by atoms with Crippen LogP contribution in [0.1, 0.15) is 15.9 Å². The monoisotopic (exact) mass is 213 g/mol. The van der Waals surface area contributed by atoms with Crippen molar-refractivity contribution in [2.24, 2.45) is 0 Å². The summed E-state index contributed by atoms with van der Waals surface area (Å²) in [6.45, 7) is 0.720. The Morgan fingerprint density at radius 1 is 1.25 bits per heavy atom. The van der Waals surface area contributed by atoms with Crippen molar-refractivity contribution in [3.8, 4) is 11.3 Å². The fourth-order valence-electron chi connectivity index (χ4n) is 2.01. The molecule has 0 bridgehead atoms. The molecule has 0 atom stereocenters. The number of nitrogens with one attached hydrogen (secondary N) is 2. The van der Waals surface area contributed by atoms with Gasteiger partial charge in [-0.25, -0.2) is 0 Å². The lowest BCUT2D eigenvalue weighted by molar-refractivity contribution is 0.0946. The molecule has 0 fully saturated rings. The van der Waals surface area contributed by atoms with Crippen LogP contribution in [0.15, 0.2) is 30.5 Å². The number of hydrogen-bond donors (Lipinski definition) is 2. The van der Waals surface area contributed by atoms with Crippen LogP contribution in [-0.4, -0.2) is 22.6 Å². The predicted octanol–water partition coefficient (Wildman–Crippen LogP) is 1.36. The van der Waals surface area contributed by atoms with Gasteiger partial charge < -0.3 is 5.32 Å². The number of hydrogen-bond acceptors (Lipinski definition) is 2. The average Bonchev–Trinajstić information content (AvgIpc) is 2.82. The number of rotatable bonds is 1. The molecule has 0 unspecified atom stereocenters. The maximum absolute atomic E-state index is 11.6. The van der Waals surface area contributed by atoms with Crippen LogP contribution in [0.5, 0.6) is 0 Å². The SMILES string of the molecule is O=C1NCCc2cc(-c3ccn[nH]3)ccc21. The summed E-state index contributed by atoms with van der Waals surface area (Å²) >= 11 is 0. The first-order valence-electron chi connectivity index (χ1n) is 5.25. The van der Waals surface area contributed by atoms with Crippen molar-refractivity contribution < 1.29 is 4.79 Å². The molecule has 2 N–H and O–H groups in total. The number of H-pyrrole nitrogens is 1. The minimum atomic E-state index is 0.0254. The molecule has 4 heteroatoms. The number of aromatic amines is 1. The van der Waals surface area contributed by atoms with Crippen LogP contribution in [0.3, 0.4) is 0 Å². The first kappa shape index (κ1) is 9.15. The van der Waals surface area contributed by atoms with Crippen LogP contribution in [0.2, 0.25) is 0 Å². The number of fused-ring (bicyclic) bond motifs is 1. The number of aromatic nitrogens is 2. The molecule has 1 aliphatic rings. The minimum Gasteiger partial charge on any atom is -0.352 e. The van der Waals surface area contributed by atoms with Gasteiger partial charge in [0.25, 0.3) is 5.91 Å². The summed E-state index contributed by atoms with van der Waals surface area (Å²) in [6, 6.07) is 7.80. The van der Waals surface area contributed by atoms with Crippen LogP contribution in [0.4, 0.5) is 0 Å². The molecular formula is C12H11N3O. The lowest BCUT2D eigenvalue weighted by Gasteiger charge is -2.16. The Morgan fingerprint density at radius 3 is 3.00 bits per heavy atom. The van der Waals surface area contributed by atoms with E-state index in [-0.39, 0.29) is 5.91 Å². The van der Waals surface area contributed by atoms with E-state index < -0.39 is 0 Å². The van der Waals surface area contributed by atoms with Gasteiger partial charge in [0.05, 0.1) is 5.69 Å². The van der Waals surface area contributed by atoms with Crippen molar-refractivity contribution >= 4 is 5.91 Å². The highest BCUT2D eigenvalue weighted by atomic mass is 16.1. The van der Waals surface area contributed by atoms with Crippen molar-refractivity contribution in [2.75, 3.05) is 6.54 Å². The van der Waals surface area contributed by atoms with Gasteiger partial charge >= 0.3 is 0 Å². The van der Waals surface area contributed by atoms with Gasteiger partial charge in [-0.05, 0) is 35.7 Å². The summed E-state index contributed by atoms with van der Waals surface area (Å²) < 4.78 is 0. The highest BCUT2D eigenvalue weighted by molar-refractivity contribution is 5.97. The lowest BCUT2D eigenvalue weighted by Crippen LogP contribution is -2.31. The first-order chi connectivity index (χ1) is 7.84. The van der Waals surface area contributed by atoms with E-state index in [4.69, 9.17) is 0 Å². The number of carbonyl (C=O) groups is 1. The van der Waals surface area contributed by atoms with Crippen LogP contribution in [0, 0.1) is 0 Å². The molecule has 1 amide bonds. The molecule has 0 spiro atoms. The summed E-state index contributed by atoms with van der Waals surface area (Å²) in [4.78, 5) is 11.6. The Hall–Kier alpha value is -2.10. The smallest absolute Gasteiger partial charge is 0.251 e. The van der Waals surface area contributed by atoms with E-state index in [1.165, 1.54) is 0 Å². The topological polar surface area (TPSA) is 57.8 Å². The lowest BCUT2D eigenvalue weighted by atomic mass is 9.97. The van der Waals surface area contributed by atoms with Crippen LogP contribution >= 0.6 is 0 Å². The molecule has 0 saturated carbocycles. The zero-order chi connectivity index (χ0) is 11.0. The molecule has 0 aliphatic carbocycles. The fourth-order valence-corrected chi connectivity index (χ4v) is 2.01. The second-order valence-corrected chi connectivity index (χ2v) is 3.85. The largest absolute Gasteiger partial charge is 0.352 e. The molecule has 1 aliphatic heterocycles. The van der Waals surface area contributed by atoms with E-state index in [2.05, 4.69) is 21.6 Å². The van der Waals surface area contributed by atoms with E-state index >= 15 is 0 Å². The van der Waals surface area contributed by atoms with Gasteiger partial charge in [0.1, 0.15) is 0 Å². The predicted molar refractivity (Wildman–Crippen MR) is 60.1 cm³/mol. The van der Waals surface area contributed by atoms with E-state index in [9.17, 15) is 4.79 Å². The van der Waals surface area contributed by atoms with Gasteiger partial charge in [-0.1, -0.05) is 6.07 Å². The molecular weight excluding hydrogens is 202 g/mol. The molecule has 1 aromatic carbocycles. The third-order valence-electron chi connectivity index (χ3n) is 2.84. The highest BCUT2D eigenvalue weighted by Crippen LogP contribution is 2.22. The molecule has 16 heavy (non-hydrogen) atoms. The van der Waals surface area contributed by atoms with Crippen molar-refractivity contribution in [1.29, 1.82) is 0 Å². The van der Waals surface area contributed by atoms with Crippen molar-refractivity contribution in [2.45, 2.75) is 6.42 Å². The fraction of sp³-hybridized carbons (Fsp3) is 0.167. The normalized spacial score (nSPS) is 14.4. The minimum absolute atomic E-state index is 0.0254. The Balaban J connectivity index is 2.08. The first-order valence-corrected chi connectivity index (χ1v) is 5.25. The summed E-state index contributed by atoms with van der Waals surface area (Å²) in [6.07, 6.45) is 2.62. The number of amides is 1. The number of carbonyl (C=O) groups excluding carboxylic acids is 1. The average molecular weight is 213 g/mol. The summed E-state index contributed by atoms with van der Waals surface area (Å²) in [5, 5.41) is 9.68. The summed E-state index contributed by atoms with van der Waals surface area (Å²) in [5.41, 5.74) is 3.95. The molecule has 2 aromatic rings. The Kier molecular flexibility index (Phi) is 1.99. The van der Waals surface area contributed by atoms with E-state index in [0.29, 0.717) is 0 Å². The van der Waals surface area contributed by atoms with E-state index in [1.807, 2.05) is 18.2 Å². The highest BCUT2D eigenvalue weighted by Gasteiger charge is 2.16. The Labute approximate surface area is 92.7 Å². The van der Waals surface area contributed by atoms with Gasteiger partial charge in [0.15, 0.2) is 0 Å². The quantitative estimate of drug-likeness (QED) is 0.751. The zero-order valence-electron chi connectivity index (χ0n) is 8.66. The van der Waals surface area contributed by atoms with Crippen LogP contribution in [-0.2, 0) is 6.42 Å². The van der Waals surface area contributed by atoms with Crippen LogP contribution in [0.25, 0.3) is 11.3 Å². The van der Waals surface area contributed by atoms with Crippen molar-refractivity contribution in [3.63, 3.8) is 0 Å². The molecule has 0 saturated heterocycles. The molecule has 80 valence electrons. The number of nitrogens with zero attached hydrogens (tertiary/aromatic N) is 1. The maximum Gasteiger partial charge on any atom is 0.251 e. The number of benzene rings is 1. The third-order valence-corrected chi connectivity index (χ3v) is 2.84. The molecule has 4 nitrogen and oxygen atoms in total. The van der Waals surface area contributed by atoms with Crippen molar-refractivity contribution in [1.82, 2.24) is 15.5 Å². The standard InChI is InChI=1S/C12H11N3O/c16-12-10-2-1-9(11-4-6-14-15-11)7-8(10)3-5-13-12/h1-2,4,6-7H,3,5H2,(H,13,16)(H,14,15). The van der Waals surface area contributed by atoms with Gasteiger partial charge in [-0.15, -0.1) is 0 Å². The van der Waals surface area contributed by atoms with Gasteiger partial charge in [0.2, 0.25) is 0 Å². The molecule has 3 rings (SSSR count). The third kappa shape index (κ3) is 1.39. The molecule has 0 radical (unpaired) electrons. The maximum atomic E-state index is 11.6. The molecule has 2 heterocycles. The second-order valence-electron chi connectivity index (χ2n) is 3.85. The van der Waals surface area contributed by atoms with Gasteiger partial charge in [0, 0.05) is 18.3 Å².